The maximum atomic E-state index is 12.5. The number of anilines is 1. The number of amides is 2. The second kappa shape index (κ2) is 9.17. The summed E-state index contributed by atoms with van der Waals surface area (Å²) >= 11 is 1.37. The van der Waals surface area contributed by atoms with Crippen LogP contribution in [-0.2, 0) is 36.7 Å². The summed E-state index contributed by atoms with van der Waals surface area (Å²) < 4.78 is 10.1. The zero-order chi connectivity index (χ0) is 21.0. The van der Waals surface area contributed by atoms with E-state index in [2.05, 4.69) is 22.8 Å². The molecular weight excluding hydrogens is 398 g/mol. The Labute approximate surface area is 171 Å². The third-order valence-electron chi connectivity index (χ3n) is 4.72. The van der Waals surface area contributed by atoms with E-state index in [9.17, 15) is 19.2 Å². The Balaban J connectivity index is 1.67. The fourth-order valence-electron chi connectivity index (χ4n) is 3.26. The number of thiophene rings is 1. The first-order valence-corrected chi connectivity index (χ1v) is 10.3. The first-order chi connectivity index (χ1) is 13.9. The summed E-state index contributed by atoms with van der Waals surface area (Å²) in [5.74, 6) is -1.54. The van der Waals surface area contributed by atoms with Gasteiger partial charge in [0.05, 0.1) is 12.2 Å². The minimum absolute atomic E-state index is 0.0604. The van der Waals surface area contributed by atoms with Crippen LogP contribution >= 0.6 is 11.3 Å². The highest BCUT2D eigenvalue weighted by atomic mass is 32.1. The predicted octanol–water partition coefficient (Wildman–Crippen LogP) is 1.80. The highest BCUT2D eigenvalue weighted by Crippen LogP contribution is 2.40. The number of esters is 2. The van der Waals surface area contributed by atoms with E-state index in [1.807, 2.05) is 0 Å². The number of fused-ring (bicyclic) bond motifs is 1. The molecule has 0 saturated carbocycles. The molecule has 1 unspecified atom stereocenters. The molecule has 0 bridgehead atoms. The Kier molecular flexibility index (Phi) is 6.63. The van der Waals surface area contributed by atoms with Gasteiger partial charge in [-0.2, -0.15) is 5.10 Å². The topological polar surface area (TPSA) is 123 Å². The number of carbonyl (C=O) groups is 4. The molecule has 2 heterocycles. The summed E-state index contributed by atoms with van der Waals surface area (Å²) in [5, 5.41) is 6.73. The van der Waals surface area contributed by atoms with E-state index >= 15 is 0 Å². The van der Waals surface area contributed by atoms with Gasteiger partial charge in [0.1, 0.15) is 10.7 Å². The third kappa shape index (κ3) is 5.00. The number of nitrogens with one attached hydrogen (secondary N) is 2. The molecule has 3 rings (SSSR count). The van der Waals surface area contributed by atoms with Gasteiger partial charge in [0.2, 0.25) is 5.91 Å². The smallest absolute Gasteiger partial charge is 0.355 e. The summed E-state index contributed by atoms with van der Waals surface area (Å²) in [7, 11) is 0. The van der Waals surface area contributed by atoms with Crippen LogP contribution in [0.5, 0.6) is 0 Å². The molecule has 29 heavy (non-hydrogen) atoms. The van der Waals surface area contributed by atoms with Crippen molar-refractivity contribution in [1.29, 1.82) is 0 Å². The number of hydrazone groups is 1. The molecule has 156 valence electrons. The first kappa shape index (κ1) is 21.0. The van der Waals surface area contributed by atoms with E-state index in [0.29, 0.717) is 16.5 Å². The van der Waals surface area contributed by atoms with Crippen molar-refractivity contribution < 1.29 is 28.7 Å². The van der Waals surface area contributed by atoms with Gasteiger partial charge in [0.25, 0.3) is 5.91 Å². The maximum Gasteiger partial charge on any atom is 0.355 e. The van der Waals surface area contributed by atoms with Gasteiger partial charge in [-0.3, -0.25) is 9.59 Å². The van der Waals surface area contributed by atoms with Crippen molar-refractivity contribution in [3.8, 4) is 0 Å². The van der Waals surface area contributed by atoms with Gasteiger partial charge in [0.15, 0.2) is 6.61 Å². The predicted molar refractivity (Wildman–Crippen MR) is 106 cm³/mol. The summed E-state index contributed by atoms with van der Waals surface area (Å²) in [6.45, 7) is 3.60. The standard InChI is InChI=1S/C19H23N3O6S/c1-3-27-19(26)16-11-5-4-10(2)8-13(11)29-17(16)20-15(24)9-28-18(25)12-6-7-14(23)22-21-12/h10H,3-9H2,1-2H3,(H,20,24)(H,22,23). The molecule has 10 heteroatoms. The van der Waals surface area contributed by atoms with Crippen LogP contribution in [0.15, 0.2) is 5.10 Å². The quantitative estimate of drug-likeness (QED) is 0.675. The van der Waals surface area contributed by atoms with Crippen molar-refractivity contribution in [3.63, 3.8) is 0 Å². The summed E-state index contributed by atoms with van der Waals surface area (Å²) in [6, 6.07) is 0. The number of rotatable bonds is 6. The SMILES string of the molecule is CCOC(=O)c1c(NC(=O)COC(=O)C2=NNC(=O)CC2)sc2c1CCC(C)C2. The molecule has 0 fully saturated rings. The molecule has 0 aromatic carbocycles. The Morgan fingerprint density at radius 3 is 2.69 bits per heavy atom. The lowest BCUT2D eigenvalue weighted by molar-refractivity contribution is -0.140. The monoisotopic (exact) mass is 421 g/mol. The van der Waals surface area contributed by atoms with Crippen LogP contribution < -0.4 is 10.7 Å². The van der Waals surface area contributed by atoms with Gasteiger partial charge in [-0.15, -0.1) is 11.3 Å². The lowest BCUT2D eigenvalue weighted by Gasteiger charge is -2.18. The molecule has 9 nitrogen and oxygen atoms in total. The number of carbonyl (C=O) groups excluding carboxylic acids is 4. The van der Waals surface area contributed by atoms with Crippen molar-refractivity contribution in [2.75, 3.05) is 18.5 Å². The fraction of sp³-hybridized carbons (Fsp3) is 0.526. The number of hydrogen-bond donors (Lipinski definition) is 2. The van der Waals surface area contributed by atoms with Crippen LogP contribution in [0.1, 0.15) is 53.9 Å². The van der Waals surface area contributed by atoms with Crippen LogP contribution in [0.4, 0.5) is 5.00 Å². The van der Waals surface area contributed by atoms with Crippen molar-refractivity contribution in [2.24, 2.45) is 11.0 Å². The van der Waals surface area contributed by atoms with Crippen LogP contribution in [0.3, 0.4) is 0 Å². The largest absolute Gasteiger partial charge is 0.462 e. The second-order valence-electron chi connectivity index (χ2n) is 6.99. The third-order valence-corrected chi connectivity index (χ3v) is 5.89. The molecule has 0 saturated heterocycles. The van der Waals surface area contributed by atoms with Crippen LogP contribution in [-0.4, -0.2) is 42.7 Å². The molecule has 2 aliphatic rings. The van der Waals surface area contributed by atoms with Gasteiger partial charge in [-0.05, 0) is 37.7 Å². The van der Waals surface area contributed by atoms with Gasteiger partial charge in [-0.1, -0.05) is 6.92 Å². The number of ether oxygens (including phenoxy) is 2. The molecule has 1 aliphatic carbocycles. The Bertz CT molecular complexity index is 876. The molecule has 2 amide bonds. The molecule has 1 aromatic heterocycles. The fourth-order valence-corrected chi connectivity index (χ4v) is 4.67. The Morgan fingerprint density at radius 2 is 2.00 bits per heavy atom. The van der Waals surface area contributed by atoms with E-state index in [1.165, 1.54) is 11.3 Å². The van der Waals surface area contributed by atoms with E-state index in [4.69, 9.17) is 9.47 Å². The van der Waals surface area contributed by atoms with Crippen LogP contribution in [0, 0.1) is 5.92 Å². The van der Waals surface area contributed by atoms with E-state index in [0.717, 1.165) is 29.7 Å². The minimum Gasteiger partial charge on any atom is -0.462 e. The van der Waals surface area contributed by atoms with Crippen molar-refractivity contribution in [2.45, 2.75) is 46.0 Å². The van der Waals surface area contributed by atoms with Crippen LogP contribution in [0.25, 0.3) is 0 Å². The van der Waals surface area contributed by atoms with E-state index < -0.39 is 24.5 Å². The first-order valence-electron chi connectivity index (χ1n) is 9.53. The number of hydrogen-bond acceptors (Lipinski definition) is 8. The van der Waals surface area contributed by atoms with Gasteiger partial charge in [0, 0.05) is 17.7 Å². The lowest BCUT2D eigenvalue weighted by atomic mass is 9.88. The normalized spacial score (nSPS) is 18.2. The molecule has 1 aliphatic heterocycles. The van der Waals surface area contributed by atoms with Gasteiger partial charge < -0.3 is 14.8 Å². The van der Waals surface area contributed by atoms with Gasteiger partial charge >= 0.3 is 11.9 Å². The maximum absolute atomic E-state index is 12.5. The lowest BCUT2D eigenvalue weighted by Crippen LogP contribution is -2.32. The average Bonchev–Trinajstić information content (AvgIpc) is 3.03. The highest BCUT2D eigenvalue weighted by Gasteiger charge is 2.29. The average molecular weight is 421 g/mol. The zero-order valence-electron chi connectivity index (χ0n) is 16.3. The Morgan fingerprint density at radius 1 is 1.21 bits per heavy atom. The molecule has 0 spiro atoms. The molecule has 2 N–H and O–H groups in total. The Hall–Kier alpha value is -2.75. The van der Waals surface area contributed by atoms with E-state index in [-0.39, 0.29) is 31.1 Å². The summed E-state index contributed by atoms with van der Waals surface area (Å²) in [4.78, 5) is 48.9. The second-order valence-corrected chi connectivity index (χ2v) is 8.10. The summed E-state index contributed by atoms with van der Waals surface area (Å²) in [5.41, 5.74) is 3.60. The van der Waals surface area contributed by atoms with Crippen molar-refractivity contribution in [1.82, 2.24) is 5.43 Å². The molecule has 1 atom stereocenters. The van der Waals surface area contributed by atoms with Crippen molar-refractivity contribution >= 4 is 45.8 Å². The molecule has 0 radical (unpaired) electrons. The minimum atomic E-state index is -0.759. The number of nitrogens with zero attached hydrogens (tertiary/aromatic N) is 1. The van der Waals surface area contributed by atoms with Gasteiger partial charge in [-0.25, -0.2) is 15.0 Å². The molecule has 1 aromatic rings. The van der Waals surface area contributed by atoms with Crippen LogP contribution in [0.2, 0.25) is 0 Å². The van der Waals surface area contributed by atoms with E-state index in [1.54, 1.807) is 6.92 Å². The van der Waals surface area contributed by atoms with Crippen molar-refractivity contribution in [3.05, 3.63) is 16.0 Å². The molecular formula is C19H23N3O6S. The summed E-state index contributed by atoms with van der Waals surface area (Å²) in [6.07, 6.45) is 2.89. The zero-order valence-corrected chi connectivity index (χ0v) is 17.1. The highest BCUT2D eigenvalue weighted by molar-refractivity contribution is 7.17.